The summed E-state index contributed by atoms with van der Waals surface area (Å²) < 4.78 is 6.70. The Morgan fingerprint density at radius 3 is 2.82 bits per heavy atom. The van der Waals surface area contributed by atoms with Crippen molar-refractivity contribution in [3.05, 3.63) is 33.4 Å². The van der Waals surface area contributed by atoms with Crippen LogP contribution in [0.2, 0.25) is 0 Å². The van der Waals surface area contributed by atoms with Crippen molar-refractivity contribution in [2.45, 2.75) is 18.3 Å². The molecule has 1 saturated heterocycles. The van der Waals surface area contributed by atoms with E-state index in [0.29, 0.717) is 0 Å². The highest BCUT2D eigenvalue weighted by molar-refractivity contribution is 14.1. The first-order valence-electron chi connectivity index (χ1n) is 5.68. The van der Waals surface area contributed by atoms with E-state index in [2.05, 4.69) is 52.0 Å². The van der Waals surface area contributed by atoms with Gasteiger partial charge in [-0.05, 0) is 53.1 Å². The van der Waals surface area contributed by atoms with Crippen LogP contribution in [0, 0.1) is 3.57 Å². The van der Waals surface area contributed by atoms with Crippen LogP contribution in [0.25, 0.3) is 0 Å². The Bertz CT molecular complexity index is 400. The molecule has 2 rings (SSSR count). The van der Waals surface area contributed by atoms with Gasteiger partial charge in [0.2, 0.25) is 0 Å². The Labute approximate surface area is 115 Å². The molecule has 0 aliphatic carbocycles. The van der Waals surface area contributed by atoms with Gasteiger partial charge in [-0.3, -0.25) is 0 Å². The van der Waals surface area contributed by atoms with Crippen molar-refractivity contribution in [2.75, 3.05) is 20.3 Å². The lowest BCUT2D eigenvalue weighted by Crippen LogP contribution is -2.35. The fourth-order valence-corrected chi connectivity index (χ4v) is 2.72. The molecule has 1 aliphatic heterocycles. The Morgan fingerprint density at radius 1 is 1.41 bits per heavy atom. The van der Waals surface area contributed by atoms with E-state index in [-0.39, 0.29) is 5.41 Å². The average Bonchev–Trinajstić information content (AvgIpc) is 2.37. The van der Waals surface area contributed by atoms with Crippen LogP contribution in [-0.2, 0) is 15.0 Å². The smallest absolute Gasteiger partial charge is 0.106 e. The van der Waals surface area contributed by atoms with Crippen molar-refractivity contribution in [1.82, 2.24) is 0 Å². The van der Waals surface area contributed by atoms with Gasteiger partial charge in [0.05, 0.1) is 6.21 Å². The molecule has 0 amide bonds. The van der Waals surface area contributed by atoms with Crippen LogP contribution < -0.4 is 0 Å². The van der Waals surface area contributed by atoms with Gasteiger partial charge in [-0.25, -0.2) is 0 Å². The van der Waals surface area contributed by atoms with Crippen molar-refractivity contribution in [3.63, 3.8) is 0 Å². The maximum Gasteiger partial charge on any atom is 0.106 e. The predicted molar refractivity (Wildman–Crippen MR) is 76.4 cm³/mol. The van der Waals surface area contributed by atoms with E-state index in [0.717, 1.165) is 26.1 Å². The lowest BCUT2D eigenvalue weighted by atomic mass is 9.75. The standard InChI is InChI=1S/C13H16INO2/c1-16-15-10-13(5-7-17-8-6-13)11-3-2-4-12(14)9-11/h2-4,9-10H,5-8H2,1H3. The predicted octanol–water partition coefficient (Wildman–Crippen LogP) is 2.97. The number of nitrogens with zero attached hydrogens (tertiary/aromatic N) is 1. The quantitative estimate of drug-likeness (QED) is 0.479. The number of ether oxygens (including phenoxy) is 1. The van der Waals surface area contributed by atoms with Crippen LogP contribution in [0.5, 0.6) is 0 Å². The van der Waals surface area contributed by atoms with E-state index in [1.54, 1.807) is 7.11 Å². The molecule has 1 aliphatic rings. The van der Waals surface area contributed by atoms with Crippen LogP contribution in [-0.4, -0.2) is 26.5 Å². The van der Waals surface area contributed by atoms with E-state index >= 15 is 0 Å². The minimum atomic E-state index is -0.0323. The summed E-state index contributed by atoms with van der Waals surface area (Å²) >= 11 is 2.34. The van der Waals surface area contributed by atoms with Crippen molar-refractivity contribution in [2.24, 2.45) is 5.16 Å². The average molecular weight is 345 g/mol. The molecule has 0 radical (unpaired) electrons. The van der Waals surface area contributed by atoms with Crippen LogP contribution in [0.1, 0.15) is 18.4 Å². The Morgan fingerprint density at radius 2 is 2.18 bits per heavy atom. The molecule has 1 fully saturated rings. The zero-order chi connectivity index (χ0) is 12.1. The highest BCUT2D eigenvalue weighted by Crippen LogP contribution is 2.33. The molecule has 0 saturated carbocycles. The van der Waals surface area contributed by atoms with Crippen molar-refractivity contribution >= 4 is 28.8 Å². The molecule has 4 heteroatoms. The molecule has 0 spiro atoms. The molecule has 0 N–H and O–H groups in total. The fourth-order valence-electron chi connectivity index (χ4n) is 2.18. The summed E-state index contributed by atoms with van der Waals surface area (Å²) in [5, 5.41) is 3.99. The molecule has 1 heterocycles. The molecular formula is C13H16INO2. The summed E-state index contributed by atoms with van der Waals surface area (Å²) in [6, 6.07) is 8.57. The molecule has 0 atom stereocenters. The van der Waals surface area contributed by atoms with E-state index in [1.165, 1.54) is 9.13 Å². The third kappa shape index (κ3) is 2.98. The van der Waals surface area contributed by atoms with Gasteiger partial charge < -0.3 is 9.57 Å². The first-order valence-corrected chi connectivity index (χ1v) is 6.76. The van der Waals surface area contributed by atoms with Gasteiger partial charge in [-0.2, -0.15) is 0 Å². The van der Waals surface area contributed by atoms with Gasteiger partial charge >= 0.3 is 0 Å². The van der Waals surface area contributed by atoms with Crippen LogP contribution in [0.15, 0.2) is 29.4 Å². The van der Waals surface area contributed by atoms with Gasteiger partial charge in [-0.1, -0.05) is 17.3 Å². The van der Waals surface area contributed by atoms with Gasteiger partial charge in [0, 0.05) is 22.2 Å². The number of oxime groups is 1. The maximum atomic E-state index is 5.45. The Hall–Kier alpha value is -0.620. The lowest BCUT2D eigenvalue weighted by molar-refractivity contribution is 0.0708. The van der Waals surface area contributed by atoms with Crippen LogP contribution in [0.3, 0.4) is 0 Å². The topological polar surface area (TPSA) is 30.8 Å². The summed E-state index contributed by atoms with van der Waals surface area (Å²) in [5.41, 5.74) is 1.27. The van der Waals surface area contributed by atoms with Crippen LogP contribution >= 0.6 is 22.6 Å². The SMILES string of the molecule is CON=CC1(c2cccc(I)c2)CCOCC1. The third-order valence-corrected chi connectivity index (χ3v) is 3.86. The minimum absolute atomic E-state index is 0.0323. The molecule has 0 unspecified atom stereocenters. The molecule has 17 heavy (non-hydrogen) atoms. The highest BCUT2D eigenvalue weighted by atomic mass is 127. The zero-order valence-corrected chi connectivity index (χ0v) is 12.0. The number of halogens is 1. The van der Waals surface area contributed by atoms with E-state index < -0.39 is 0 Å². The summed E-state index contributed by atoms with van der Waals surface area (Å²) in [5.74, 6) is 0. The van der Waals surface area contributed by atoms with E-state index in [4.69, 9.17) is 9.57 Å². The molecule has 1 aromatic rings. The number of rotatable bonds is 3. The van der Waals surface area contributed by atoms with Gasteiger partial charge in [0.1, 0.15) is 7.11 Å². The van der Waals surface area contributed by atoms with E-state index in [1.807, 2.05) is 6.21 Å². The Balaban J connectivity index is 2.35. The summed E-state index contributed by atoms with van der Waals surface area (Å²) in [6.45, 7) is 1.56. The second-order valence-electron chi connectivity index (χ2n) is 4.20. The number of benzene rings is 1. The Kier molecular flexibility index (Phi) is 4.39. The molecule has 3 nitrogen and oxygen atoms in total. The highest BCUT2D eigenvalue weighted by Gasteiger charge is 2.33. The molecular weight excluding hydrogens is 329 g/mol. The second kappa shape index (κ2) is 5.82. The van der Waals surface area contributed by atoms with Crippen molar-refractivity contribution < 1.29 is 9.57 Å². The van der Waals surface area contributed by atoms with Crippen molar-refractivity contribution in [1.29, 1.82) is 0 Å². The zero-order valence-electron chi connectivity index (χ0n) is 9.86. The summed E-state index contributed by atoms with van der Waals surface area (Å²) in [7, 11) is 1.58. The first kappa shape index (κ1) is 12.8. The minimum Gasteiger partial charge on any atom is -0.399 e. The maximum absolute atomic E-state index is 5.45. The first-order chi connectivity index (χ1) is 8.27. The molecule has 0 aromatic heterocycles. The van der Waals surface area contributed by atoms with Crippen molar-refractivity contribution in [3.8, 4) is 0 Å². The fraction of sp³-hybridized carbons (Fsp3) is 0.462. The normalized spacial score (nSPS) is 19.4. The van der Waals surface area contributed by atoms with E-state index in [9.17, 15) is 0 Å². The largest absolute Gasteiger partial charge is 0.399 e. The third-order valence-electron chi connectivity index (χ3n) is 3.19. The number of hydrogen-bond acceptors (Lipinski definition) is 3. The second-order valence-corrected chi connectivity index (χ2v) is 5.44. The molecule has 92 valence electrons. The van der Waals surface area contributed by atoms with Crippen LogP contribution in [0.4, 0.5) is 0 Å². The van der Waals surface area contributed by atoms with Gasteiger partial charge in [0.25, 0.3) is 0 Å². The lowest BCUT2D eigenvalue weighted by Gasteiger charge is -2.34. The monoisotopic (exact) mass is 345 g/mol. The number of hydrogen-bond donors (Lipinski definition) is 0. The summed E-state index contributed by atoms with van der Waals surface area (Å²) in [6.07, 6.45) is 3.85. The molecule has 0 bridgehead atoms. The summed E-state index contributed by atoms with van der Waals surface area (Å²) in [4.78, 5) is 4.85. The van der Waals surface area contributed by atoms with Gasteiger partial charge in [0.15, 0.2) is 0 Å². The van der Waals surface area contributed by atoms with Gasteiger partial charge in [-0.15, -0.1) is 0 Å². The molecule has 1 aromatic carbocycles.